The molecule has 11 heavy (non-hydrogen) atoms. The molecule has 1 fully saturated rings. The van der Waals surface area contributed by atoms with E-state index < -0.39 is 0 Å². The van der Waals surface area contributed by atoms with Crippen LogP contribution in [0.3, 0.4) is 0 Å². The Morgan fingerprint density at radius 2 is 2.09 bits per heavy atom. The van der Waals surface area contributed by atoms with Crippen LogP contribution in [0.5, 0.6) is 0 Å². The van der Waals surface area contributed by atoms with Gasteiger partial charge in [-0.25, -0.2) is 0 Å². The van der Waals surface area contributed by atoms with Crippen molar-refractivity contribution in [1.29, 1.82) is 0 Å². The molecule has 1 aliphatic heterocycles. The summed E-state index contributed by atoms with van der Waals surface area (Å²) in [4.78, 5) is 5.18. The van der Waals surface area contributed by atoms with Crippen molar-refractivity contribution in [2.24, 2.45) is 0 Å². The van der Waals surface area contributed by atoms with Gasteiger partial charge in [0.25, 0.3) is 5.95 Å². The van der Waals surface area contributed by atoms with Crippen molar-refractivity contribution in [2.45, 2.75) is 0 Å². The zero-order valence-electron chi connectivity index (χ0n) is 6.71. The maximum atomic E-state index is 5.18. The van der Waals surface area contributed by atoms with Crippen LogP contribution in [-0.4, -0.2) is 38.5 Å². The fourth-order valence-corrected chi connectivity index (χ4v) is 0.819. The van der Waals surface area contributed by atoms with Gasteiger partial charge >= 0.3 is 0 Å². The number of hydroxylamine groups is 2. The van der Waals surface area contributed by atoms with Crippen LogP contribution in [0.15, 0.2) is 12.5 Å². The Morgan fingerprint density at radius 1 is 1.45 bits per heavy atom. The summed E-state index contributed by atoms with van der Waals surface area (Å²) in [6, 6.07) is 0. The minimum absolute atomic E-state index is 0.326. The van der Waals surface area contributed by atoms with Gasteiger partial charge in [0.1, 0.15) is 0 Å². The summed E-state index contributed by atoms with van der Waals surface area (Å²) in [7, 11) is 1.53. The molecule has 0 saturated carbocycles. The van der Waals surface area contributed by atoms with Crippen molar-refractivity contribution in [3.8, 4) is 0 Å². The third-order valence-electron chi connectivity index (χ3n) is 1.43. The van der Waals surface area contributed by atoms with Gasteiger partial charge in [-0.15, -0.1) is 5.06 Å². The molecular weight excluding hydrogens is 146 g/mol. The third kappa shape index (κ3) is 2.78. The van der Waals surface area contributed by atoms with E-state index in [0.29, 0.717) is 19.2 Å². The first-order valence-electron chi connectivity index (χ1n) is 3.56. The number of hydrogen-bond acceptors (Lipinski definition) is 4. The molecule has 0 aliphatic carbocycles. The van der Waals surface area contributed by atoms with Crippen molar-refractivity contribution in [2.75, 3.05) is 33.4 Å². The van der Waals surface area contributed by atoms with Crippen molar-refractivity contribution in [3.63, 3.8) is 0 Å². The van der Waals surface area contributed by atoms with E-state index in [1.807, 2.05) is 0 Å². The standard InChI is InChI=1S/C7H13NO3/c1-7(9-2)11-8-3-5-10-6-4-8/h1,3-6H2,2H3. The number of ether oxygens (including phenoxy) is 2. The fraction of sp³-hybridized carbons (Fsp3) is 0.714. The largest absolute Gasteiger partial charge is 0.468 e. The summed E-state index contributed by atoms with van der Waals surface area (Å²) in [5.41, 5.74) is 0. The molecule has 0 amide bonds. The van der Waals surface area contributed by atoms with Crippen LogP contribution in [0, 0.1) is 0 Å². The molecule has 0 N–H and O–H groups in total. The maximum absolute atomic E-state index is 5.18. The van der Waals surface area contributed by atoms with E-state index in [1.54, 1.807) is 5.06 Å². The first kappa shape index (κ1) is 8.36. The molecule has 0 aromatic rings. The van der Waals surface area contributed by atoms with Gasteiger partial charge in [-0.2, -0.15) is 0 Å². The zero-order chi connectivity index (χ0) is 8.10. The SMILES string of the molecule is C=C(OC)ON1CCOCC1. The monoisotopic (exact) mass is 159 g/mol. The van der Waals surface area contributed by atoms with Gasteiger partial charge < -0.3 is 14.3 Å². The lowest BCUT2D eigenvalue weighted by Gasteiger charge is -2.25. The first-order chi connectivity index (χ1) is 5.33. The van der Waals surface area contributed by atoms with E-state index in [4.69, 9.17) is 14.3 Å². The van der Waals surface area contributed by atoms with Crippen LogP contribution in [0.4, 0.5) is 0 Å². The normalized spacial score (nSPS) is 19.4. The highest BCUT2D eigenvalue weighted by Gasteiger charge is 2.11. The van der Waals surface area contributed by atoms with Crippen molar-refractivity contribution in [3.05, 3.63) is 12.5 Å². The van der Waals surface area contributed by atoms with Crippen molar-refractivity contribution < 1.29 is 14.3 Å². The summed E-state index contributed by atoms with van der Waals surface area (Å²) in [5, 5.41) is 1.77. The molecule has 0 aromatic heterocycles. The Bertz CT molecular complexity index is 132. The van der Waals surface area contributed by atoms with Crippen LogP contribution in [0.25, 0.3) is 0 Å². The second kappa shape index (κ2) is 4.20. The minimum Gasteiger partial charge on any atom is -0.468 e. The lowest BCUT2D eigenvalue weighted by molar-refractivity contribution is -0.193. The zero-order valence-corrected chi connectivity index (χ0v) is 6.71. The van der Waals surface area contributed by atoms with Gasteiger partial charge in [0.05, 0.1) is 33.4 Å². The van der Waals surface area contributed by atoms with Gasteiger partial charge in [-0.3, -0.25) is 0 Å². The molecule has 4 heteroatoms. The Labute approximate surface area is 66.3 Å². The maximum Gasteiger partial charge on any atom is 0.292 e. The molecule has 1 aliphatic rings. The second-order valence-corrected chi connectivity index (χ2v) is 2.21. The summed E-state index contributed by atoms with van der Waals surface area (Å²) < 4.78 is 9.88. The van der Waals surface area contributed by atoms with Gasteiger partial charge in [-0.1, -0.05) is 0 Å². The second-order valence-electron chi connectivity index (χ2n) is 2.21. The average molecular weight is 159 g/mol. The Hall–Kier alpha value is -0.740. The molecule has 1 heterocycles. The molecule has 0 bridgehead atoms. The molecule has 0 atom stereocenters. The van der Waals surface area contributed by atoms with E-state index in [9.17, 15) is 0 Å². The predicted octanol–water partition coefficient (Wildman–Crippen LogP) is 0.368. The third-order valence-corrected chi connectivity index (χ3v) is 1.43. The van der Waals surface area contributed by atoms with E-state index in [0.717, 1.165) is 13.1 Å². The lowest BCUT2D eigenvalue weighted by Crippen LogP contribution is -2.36. The highest BCUT2D eigenvalue weighted by atomic mass is 16.8. The Kier molecular flexibility index (Phi) is 3.19. The lowest BCUT2D eigenvalue weighted by atomic mass is 10.5. The van der Waals surface area contributed by atoms with E-state index in [2.05, 4.69) is 6.58 Å². The molecule has 64 valence electrons. The molecule has 0 unspecified atom stereocenters. The Morgan fingerprint density at radius 3 is 2.64 bits per heavy atom. The quantitative estimate of drug-likeness (QED) is 0.557. The van der Waals surface area contributed by atoms with Gasteiger partial charge in [-0.05, 0) is 6.58 Å². The average Bonchev–Trinajstić information content (AvgIpc) is 2.06. The molecule has 0 aromatic carbocycles. The summed E-state index contributed by atoms with van der Waals surface area (Å²) in [6.45, 7) is 6.48. The molecule has 4 nitrogen and oxygen atoms in total. The number of nitrogens with zero attached hydrogens (tertiary/aromatic N) is 1. The highest BCUT2D eigenvalue weighted by molar-refractivity contribution is 4.66. The van der Waals surface area contributed by atoms with Gasteiger partial charge in [0.15, 0.2) is 0 Å². The van der Waals surface area contributed by atoms with Crippen LogP contribution >= 0.6 is 0 Å². The van der Waals surface area contributed by atoms with Gasteiger partial charge in [0.2, 0.25) is 0 Å². The predicted molar refractivity (Wildman–Crippen MR) is 39.6 cm³/mol. The van der Waals surface area contributed by atoms with Crippen LogP contribution in [0.1, 0.15) is 0 Å². The molecule has 0 spiro atoms. The van der Waals surface area contributed by atoms with Crippen molar-refractivity contribution in [1.82, 2.24) is 5.06 Å². The van der Waals surface area contributed by atoms with Crippen molar-refractivity contribution >= 4 is 0 Å². The highest BCUT2D eigenvalue weighted by Crippen LogP contribution is 2.02. The Balaban J connectivity index is 2.19. The number of methoxy groups -OCH3 is 1. The minimum atomic E-state index is 0.326. The summed E-state index contributed by atoms with van der Waals surface area (Å²) in [5.74, 6) is 0.326. The number of morpholine rings is 1. The molecular formula is C7H13NO3. The van der Waals surface area contributed by atoms with Crippen LogP contribution < -0.4 is 0 Å². The van der Waals surface area contributed by atoms with E-state index >= 15 is 0 Å². The van der Waals surface area contributed by atoms with E-state index in [-0.39, 0.29) is 0 Å². The van der Waals surface area contributed by atoms with Crippen LogP contribution in [-0.2, 0) is 14.3 Å². The first-order valence-corrected chi connectivity index (χ1v) is 3.56. The topological polar surface area (TPSA) is 30.9 Å². The number of hydrogen-bond donors (Lipinski definition) is 0. The molecule has 1 saturated heterocycles. The fourth-order valence-electron chi connectivity index (χ4n) is 0.819. The molecule has 1 rings (SSSR count). The summed E-state index contributed by atoms with van der Waals surface area (Å²) in [6.07, 6.45) is 0. The molecule has 0 radical (unpaired) electrons. The van der Waals surface area contributed by atoms with E-state index in [1.165, 1.54) is 7.11 Å². The van der Waals surface area contributed by atoms with Crippen LogP contribution in [0.2, 0.25) is 0 Å². The number of rotatable bonds is 3. The van der Waals surface area contributed by atoms with Gasteiger partial charge in [0, 0.05) is 0 Å². The smallest absolute Gasteiger partial charge is 0.292 e. The summed E-state index contributed by atoms with van der Waals surface area (Å²) >= 11 is 0.